The van der Waals surface area contributed by atoms with Gasteiger partial charge in [0.05, 0.1) is 13.1 Å². The number of amides is 3. The van der Waals surface area contributed by atoms with Gasteiger partial charge >= 0.3 is 5.97 Å². The third kappa shape index (κ3) is 8.47. The van der Waals surface area contributed by atoms with E-state index < -0.39 is 35.8 Å². The van der Waals surface area contributed by atoms with Crippen LogP contribution in [0, 0.1) is 11.8 Å². The van der Waals surface area contributed by atoms with Crippen LogP contribution in [0.3, 0.4) is 0 Å². The van der Waals surface area contributed by atoms with E-state index in [4.69, 9.17) is 10.8 Å². The highest BCUT2D eigenvalue weighted by Crippen LogP contribution is 2.05. The van der Waals surface area contributed by atoms with Crippen molar-refractivity contribution < 1.29 is 24.3 Å². The van der Waals surface area contributed by atoms with Crippen molar-refractivity contribution in [2.45, 2.75) is 46.2 Å². The van der Waals surface area contributed by atoms with Crippen LogP contribution in [0.4, 0.5) is 0 Å². The van der Waals surface area contributed by atoms with Gasteiger partial charge in [0.1, 0.15) is 12.1 Å². The van der Waals surface area contributed by atoms with Crippen LogP contribution >= 0.6 is 0 Å². The number of carbonyl (C=O) groups is 4. The van der Waals surface area contributed by atoms with Crippen LogP contribution in [0.15, 0.2) is 0 Å². The summed E-state index contributed by atoms with van der Waals surface area (Å²) in [7, 11) is 0. The van der Waals surface area contributed by atoms with Gasteiger partial charge in [0, 0.05) is 0 Å². The first-order valence-electron chi connectivity index (χ1n) is 7.87. The van der Waals surface area contributed by atoms with E-state index in [2.05, 4.69) is 16.0 Å². The predicted octanol–water partition coefficient (Wildman–Crippen LogP) is -1.18. The maximum atomic E-state index is 12.1. The standard InChI is InChI=1S/C15H28N4O5/c1-8(2)5-10(18-11(20)6-16)14(22)17-7-12(21)19-13(9(3)4)15(23)24/h8-10,13H,5-7,16H2,1-4H3,(H,17,22)(H,18,20)(H,19,21)(H,23,24). The maximum absolute atomic E-state index is 12.1. The molecule has 2 unspecified atom stereocenters. The molecule has 9 heteroatoms. The Kier molecular flexibility index (Phi) is 9.63. The zero-order valence-corrected chi connectivity index (χ0v) is 14.6. The molecule has 0 saturated carbocycles. The van der Waals surface area contributed by atoms with Crippen LogP contribution in [0.25, 0.3) is 0 Å². The molecule has 24 heavy (non-hydrogen) atoms. The third-order valence-electron chi connectivity index (χ3n) is 3.22. The first-order valence-corrected chi connectivity index (χ1v) is 7.87. The number of nitrogens with two attached hydrogens (primary N) is 1. The first-order chi connectivity index (χ1) is 11.1. The van der Waals surface area contributed by atoms with Crippen molar-refractivity contribution in [1.29, 1.82) is 0 Å². The van der Waals surface area contributed by atoms with Crippen molar-refractivity contribution in [3.63, 3.8) is 0 Å². The van der Waals surface area contributed by atoms with Crippen molar-refractivity contribution in [2.24, 2.45) is 17.6 Å². The Morgan fingerprint density at radius 1 is 1.00 bits per heavy atom. The fourth-order valence-corrected chi connectivity index (χ4v) is 1.98. The molecule has 0 aliphatic rings. The maximum Gasteiger partial charge on any atom is 0.326 e. The first kappa shape index (κ1) is 21.8. The van der Waals surface area contributed by atoms with Crippen molar-refractivity contribution >= 4 is 23.7 Å². The Labute approximate surface area is 141 Å². The molecule has 138 valence electrons. The molecule has 0 spiro atoms. The Balaban J connectivity index is 4.62. The average molecular weight is 344 g/mol. The van der Waals surface area contributed by atoms with Gasteiger partial charge < -0.3 is 26.8 Å². The second-order valence-corrected chi connectivity index (χ2v) is 6.30. The second kappa shape index (κ2) is 10.6. The summed E-state index contributed by atoms with van der Waals surface area (Å²) in [6, 6.07) is -1.83. The van der Waals surface area contributed by atoms with E-state index in [1.165, 1.54) is 0 Å². The van der Waals surface area contributed by atoms with Gasteiger partial charge in [0.15, 0.2) is 0 Å². The Morgan fingerprint density at radius 3 is 2.00 bits per heavy atom. The van der Waals surface area contributed by atoms with Gasteiger partial charge in [-0.15, -0.1) is 0 Å². The van der Waals surface area contributed by atoms with E-state index in [0.29, 0.717) is 6.42 Å². The molecule has 9 nitrogen and oxygen atoms in total. The van der Waals surface area contributed by atoms with Gasteiger partial charge in [-0.1, -0.05) is 27.7 Å². The highest BCUT2D eigenvalue weighted by atomic mass is 16.4. The molecule has 0 saturated heterocycles. The molecular formula is C15H28N4O5. The zero-order chi connectivity index (χ0) is 18.9. The van der Waals surface area contributed by atoms with Crippen LogP contribution < -0.4 is 21.7 Å². The van der Waals surface area contributed by atoms with Gasteiger partial charge in [0.25, 0.3) is 0 Å². The molecule has 6 N–H and O–H groups in total. The largest absolute Gasteiger partial charge is 0.480 e. The highest BCUT2D eigenvalue weighted by Gasteiger charge is 2.25. The third-order valence-corrected chi connectivity index (χ3v) is 3.22. The quantitative estimate of drug-likeness (QED) is 0.336. The molecule has 0 radical (unpaired) electrons. The lowest BCUT2D eigenvalue weighted by Gasteiger charge is -2.21. The van der Waals surface area contributed by atoms with Gasteiger partial charge in [-0.2, -0.15) is 0 Å². The summed E-state index contributed by atoms with van der Waals surface area (Å²) in [6.07, 6.45) is 0.392. The number of carbonyl (C=O) groups excluding carboxylic acids is 3. The van der Waals surface area contributed by atoms with Crippen LogP contribution in [0.5, 0.6) is 0 Å². The predicted molar refractivity (Wildman–Crippen MR) is 87.9 cm³/mol. The summed E-state index contributed by atoms with van der Waals surface area (Å²) >= 11 is 0. The molecule has 0 aromatic heterocycles. The van der Waals surface area contributed by atoms with Gasteiger partial charge in [-0.3, -0.25) is 14.4 Å². The van der Waals surface area contributed by atoms with Crippen LogP contribution in [0.1, 0.15) is 34.1 Å². The number of hydrogen-bond acceptors (Lipinski definition) is 5. The number of hydrogen-bond donors (Lipinski definition) is 5. The molecule has 0 rings (SSSR count). The van der Waals surface area contributed by atoms with Crippen molar-refractivity contribution in [2.75, 3.05) is 13.1 Å². The van der Waals surface area contributed by atoms with E-state index in [1.807, 2.05) is 13.8 Å². The van der Waals surface area contributed by atoms with Crippen LogP contribution in [-0.4, -0.2) is 54.0 Å². The van der Waals surface area contributed by atoms with E-state index in [-0.39, 0.29) is 24.9 Å². The Bertz CT molecular complexity index is 465. The minimum Gasteiger partial charge on any atom is -0.480 e. The molecule has 2 atom stereocenters. The lowest BCUT2D eigenvalue weighted by Crippen LogP contribution is -2.52. The summed E-state index contributed by atoms with van der Waals surface area (Å²) in [5.74, 6) is -2.89. The summed E-state index contributed by atoms with van der Waals surface area (Å²) < 4.78 is 0. The summed E-state index contributed by atoms with van der Waals surface area (Å²) in [5.41, 5.74) is 5.22. The van der Waals surface area contributed by atoms with Gasteiger partial charge in [0.2, 0.25) is 17.7 Å². The summed E-state index contributed by atoms with van der Waals surface area (Å²) in [6.45, 7) is 6.50. The average Bonchev–Trinajstić information content (AvgIpc) is 2.48. The molecule has 0 aliphatic heterocycles. The molecular weight excluding hydrogens is 316 g/mol. The highest BCUT2D eigenvalue weighted by molar-refractivity contribution is 5.91. The van der Waals surface area contributed by atoms with Gasteiger partial charge in [-0.25, -0.2) is 4.79 Å². The van der Waals surface area contributed by atoms with Crippen LogP contribution in [-0.2, 0) is 19.2 Å². The number of nitrogens with one attached hydrogen (secondary N) is 3. The number of rotatable bonds is 10. The number of carboxylic acid groups (broad SMARTS) is 1. The lowest BCUT2D eigenvalue weighted by molar-refractivity contribution is -0.143. The van der Waals surface area contributed by atoms with Crippen molar-refractivity contribution in [3.05, 3.63) is 0 Å². The summed E-state index contributed by atoms with van der Waals surface area (Å²) in [5, 5.41) is 16.3. The summed E-state index contributed by atoms with van der Waals surface area (Å²) in [4.78, 5) is 46.3. The molecule has 0 aromatic rings. The minimum atomic E-state index is -1.14. The smallest absolute Gasteiger partial charge is 0.326 e. The van der Waals surface area contributed by atoms with Gasteiger partial charge in [-0.05, 0) is 18.3 Å². The fourth-order valence-electron chi connectivity index (χ4n) is 1.98. The second-order valence-electron chi connectivity index (χ2n) is 6.30. The molecule has 0 bridgehead atoms. The topological polar surface area (TPSA) is 151 Å². The Hall–Kier alpha value is -2.16. The zero-order valence-electron chi connectivity index (χ0n) is 14.6. The van der Waals surface area contributed by atoms with E-state index in [9.17, 15) is 19.2 Å². The van der Waals surface area contributed by atoms with E-state index in [0.717, 1.165) is 0 Å². The minimum absolute atomic E-state index is 0.144. The lowest BCUT2D eigenvalue weighted by atomic mass is 10.0. The van der Waals surface area contributed by atoms with Crippen molar-refractivity contribution in [3.8, 4) is 0 Å². The molecule has 0 aromatic carbocycles. The van der Waals surface area contributed by atoms with Crippen molar-refractivity contribution in [1.82, 2.24) is 16.0 Å². The number of aliphatic carboxylic acids is 1. The molecule has 0 aliphatic carbocycles. The SMILES string of the molecule is CC(C)CC(NC(=O)CN)C(=O)NCC(=O)NC(C(=O)O)C(C)C. The molecule has 0 fully saturated rings. The fraction of sp³-hybridized carbons (Fsp3) is 0.733. The Morgan fingerprint density at radius 2 is 1.58 bits per heavy atom. The number of carboxylic acids is 1. The molecule has 0 heterocycles. The van der Waals surface area contributed by atoms with E-state index >= 15 is 0 Å². The molecule has 3 amide bonds. The van der Waals surface area contributed by atoms with E-state index in [1.54, 1.807) is 13.8 Å². The van der Waals surface area contributed by atoms with Crippen LogP contribution in [0.2, 0.25) is 0 Å². The normalized spacial score (nSPS) is 13.3. The monoisotopic (exact) mass is 344 g/mol.